The van der Waals surface area contributed by atoms with Gasteiger partial charge in [-0.05, 0) is 54.5 Å². The summed E-state index contributed by atoms with van der Waals surface area (Å²) in [6.07, 6.45) is -2.94. The predicted molar refractivity (Wildman–Crippen MR) is 148 cm³/mol. The molecule has 4 rings (SSSR count). The molecule has 0 atom stereocenters. The molecule has 0 spiro atoms. The second kappa shape index (κ2) is 13.8. The molecule has 0 radical (unpaired) electrons. The Morgan fingerprint density at radius 2 is 1.85 bits per heavy atom. The number of carbonyl (C=O) groups excluding carboxylic acids is 1. The fourth-order valence-electron chi connectivity index (χ4n) is 4.93. The highest BCUT2D eigenvalue weighted by Gasteiger charge is 2.34. The van der Waals surface area contributed by atoms with E-state index in [1.54, 1.807) is 23.9 Å². The molecule has 6 nitrogen and oxygen atoms in total. The van der Waals surface area contributed by atoms with Crippen LogP contribution in [-0.4, -0.2) is 73.3 Å². The summed E-state index contributed by atoms with van der Waals surface area (Å²) in [5, 5.41) is 3.35. The van der Waals surface area contributed by atoms with Gasteiger partial charge >= 0.3 is 6.36 Å². The summed E-state index contributed by atoms with van der Waals surface area (Å²) in [6.45, 7) is 6.91. The van der Waals surface area contributed by atoms with Crippen molar-refractivity contribution in [2.75, 3.05) is 45.1 Å². The standard InChI is InChI=1S/C27H32Cl2F3N3O3S/c1-2-39-25-4-3-20(28)13-19(25)16-33-26(36)18-14-23(29)22(24(15-18)38-27(30,31)32)17-34-7-9-35(10-8-34)21-5-11-37-12-6-21/h3-4,13-15,21H,2,5-12,16-17H2,1H3,(H,33,36). The van der Waals surface area contributed by atoms with Gasteiger partial charge in [0, 0.05) is 84.6 Å². The highest BCUT2D eigenvalue weighted by molar-refractivity contribution is 7.99. The summed E-state index contributed by atoms with van der Waals surface area (Å²) < 4.78 is 49.8. The van der Waals surface area contributed by atoms with Crippen LogP contribution in [0.15, 0.2) is 35.2 Å². The Bertz CT molecular complexity index is 1140. The zero-order valence-corrected chi connectivity index (χ0v) is 24.0. The molecule has 2 fully saturated rings. The number of nitrogens with one attached hydrogen (secondary N) is 1. The Hall–Kier alpha value is -1.69. The maximum Gasteiger partial charge on any atom is 0.573 e. The van der Waals surface area contributed by atoms with Crippen LogP contribution in [0.4, 0.5) is 13.2 Å². The number of ether oxygens (including phenoxy) is 2. The van der Waals surface area contributed by atoms with Crippen LogP contribution >= 0.6 is 35.0 Å². The molecule has 0 unspecified atom stereocenters. The van der Waals surface area contributed by atoms with Crippen molar-refractivity contribution in [3.05, 3.63) is 57.1 Å². The van der Waals surface area contributed by atoms with Gasteiger partial charge in [-0.2, -0.15) is 0 Å². The Morgan fingerprint density at radius 1 is 1.13 bits per heavy atom. The second-order valence-electron chi connectivity index (χ2n) is 9.51. The van der Waals surface area contributed by atoms with E-state index in [4.69, 9.17) is 27.9 Å². The molecule has 0 bridgehead atoms. The highest BCUT2D eigenvalue weighted by Crippen LogP contribution is 2.34. The van der Waals surface area contributed by atoms with Gasteiger partial charge in [0.25, 0.3) is 5.91 Å². The SMILES string of the molecule is CCSc1ccc(Cl)cc1CNC(=O)c1cc(Cl)c(CN2CCN(C3CCOCC3)CC2)c(OC(F)(F)F)c1. The number of halogens is 5. The van der Waals surface area contributed by atoms with Crippen molar-refractivity contribution in [2.24, 2.45) is 0 Å². The molecule has 2 aromatic rings. The maximum absolute atomic E-state index is 13.3. The van der Waals surface area contributed by atoms with Crippen molar-refractivity contribution in [1.82, 2.24) is 15.1 Å². The van der Waals surface area contributed by atoms with Gasteiger partial charge in [0.15, 0.2) is 0 Å². The van der Waals surface area contributed by atoms with Crippen molar-refractivity contribution in [1.29, 1.82) is 0 Å². The van der Waals surface area contributed by atoms with E-state index in [1.807, 2.05) is 13.0 Å². The summed E-state index contributed by atoms with van der Waals surface area (Å²) in [5.74, 6) is -0.187. The normalized spacial score (nSPS) is 17.8. The molecule has 39 heavy (non-hydrogen) atoms. The summed E-state index contributed by atoms with van der Waals surface area (Å²) in [4.78, 5) is 18.4. The topological polar surface area (TPSA) is 54.0 Å². The first kappa shape index (κ1) is 30.3. The lowest BCUT2D eigenvalue weighted by atomic mass is 10.1. The number of piperazine rings is 1. The van der Waals surface area contributed by atoms with E-state index in [2.05, 4.69) is 19.9 Å². The first-order chi connectivity index (χ1) is 18.6. The summed E-state index contributed by atoms with van der Waals surface area (Å²) in [6, 6.07) is 8.40. The fraction of sp³-hybridized carbons (Fsp3) is 0.519. The third-order valence-corrected chi connectivity index (χ3v) is 8.47. The van der Waals surface area contributed by atoms with E-state index in [0.29, 0.717) is 24.2 Å². The molecular weight excluding hydrogens is 574 g/mol. The van der Waals surface area contributed by atoms with Gasteiger partial charge in [-0.15, -0.1) is 24.9 Å². The molecule has 0 aromatic heterocycles. The Morgan fingerprint density at radius 3 is 2.51 bits per heavy atom. The van der Waals surface area contributed by atoms with Gasteiger partial charge in [0.05, 0.1) is 0 Å². The summed E-state index contributed by atoms with van der Waals surface area (Å²) in [5.41, 5.74) is 1.01. The number of benzene rings is 2. The zero-order valence-electron chi connectivity index (χ0n) is 21.7. The van der Waals surface area contributed by atoms with E-state index in [1.165, 1.54) is 6.07 Å². The van der Waals surface area contributed by atoms with E-state index in [9.17, 15) is 18.0 Å². The Balaban J connectivity index is 1.46. The number of carbonyl (C=O) groups is 1. The van der Waals surface area contributed by atoms with Crippen molar-refractivity contribution in [2.45, 2.75) is 50.2 Å². The van der Waals surface area contributed by atoms with Crippen LogP contribution in [0.2, 0.25) is 10.0 Å². The molecule has 2 aliphatic rings. The van der Waals surface area contributed by atoms with Crippen LogP contribution < -0.4 is 10.1 Å². The van der Waals surface area contributed by atoms with E-state index in [-0.39, 0.29) is 29.2 Å². The quantitative estimate of drug-likeness (QED) is 0.342. The van der Waals surface area contributed by atoms with E-state index in [0.717, 1.165) is 61.4 Å². The average Bonchev–Trinajstić information content (AvgIpc) is 2.90. The first-order valence-electron chi connectivity index (χ1n) is 12.9. The van der Waals surface area contributed by atoms with Crippen molar-refractivity contribution < 1.29 is 27.4 Å². The fourth-order valence-corrected chi connectivity index (χ4v) is 6.19. The second-order valence-corrected chi connectivity index (χ2v) is 11.7. The largest absolute Gasteiger partial charge is 0.573 e. The lowest BCUT2D eigenvalue weighted by molar-refractivity contribution is -0.275. The number of alkyl halides is 3. The van der Waals surface area contributed by atoms with Crippen LogP contribution in [0.5, 0.6) is 5.75 Å². The van der Waals surface area contributed by atoms with Gasteiger partial charge in [-0.25, -0.2) is 0 Å². The molecule has 2 saturated heterocycles. The van der Waals surface area contributed by atoms with Crippen LogP contribution in [0.3, 0.4) is 0 Å². The minimum Gasteiger partial charge on any atom is -0.405 e. The van der Waals surface area contributed by atoms with Crippen LogP contribution in [0, 0.1) is 0 Å². The van der Waals surface area contributed by atoms with E-state index >= 15 is 0 Å². The van der Waals surface area contributed by atoms with E-state index < -0.39 is 18.0 Å². The zero-order chi connectivity index (χ0) is 28.0. The van der Waals surface area contributed by atoms with Gasteiger partial charge in [-0.1, -0.05) is 30.1 Å². The van der Waals surface area contributed by atoms with Gasteiger partial charge in [0.1, 0.15) is 5.75 Å². The Labute approximate surface area is 241 Å². The number of rotatable bonds is 9. The van der Waals surface area contributed by atoms with Crippen molar-refractivity contribution in [3.8, 4) is 5.75 Å². The molecule has 2 heterocycles. The van der Waals surface area contributed by atoms with Gasteiger partial charge in [-0.3, -0.25) is 14.6 Å². The number of hydrogen-bond acceptors (Lipinski definition) is 6. The molecule has 1 amide bonds. The van der Waals surface area contributed by atoms with Crippen molar-refractivity contribution >= 4 is 40.9 Å². The molecule has 2 aromatic carbocycles. The molecule has 214 valence electrons. The minimum atomic E-state index is -4.93. The number of thioether (sulfide) groups is 1. The molecular formula is C27H32Cl2F3N3O3S. The van der Waals surface area contributed by atoms with Crippen LogP contribution in [0.25, 0.3) is 0 Å². The van der Waals surface area contributed by atoms with Crippen LogP contribution in [0.1, 0.15) is 41.3 Å². The number of hydrogen-bond donors (Lipinski definition) is 1. The third kappa shape index (κ3) is 8.65. The predicted octanol–water partition coefficient (Wildman–Crippen LogP) is 6.23. The van der Waals surface area contributed by atoms with Gasteiger partial charge < -0.3 is 14.8 Å². The summed E-state index contributed by atoms with van der Waals surface area (Å²) >= 11 is 14.2. The monoisotopic (exact) mass is 605 g/mol. The maximum atomic E-state index is 13.3. The molecule has 1 N–H and O–H groups in total. The number of nitrogens with zero attached hydrogens (tertiary/aromatic N) is 2. The lowest BCUT2D eigenvalue weighted by Gasteiger charge is -2.40. The highest BCUT2D eigenvalue weighted by atomic mass is 35.5. The summed E-state index contributed by atoms with van der Waals surface area (Å²) in [7, 11) is 0. The molecule has 2 aliphatic heterocycles. The first-order valence-corrected chi connectivity index (χ1v) is 14.7. The van der Waals surface area contributed by atoms with Gasteiger partial charge in [0.2, 0.25) is 0 Å². The minimum absolute atomic E-state index is 0.0148. The smallest absolute Gasteiger partial charge is 0.405 e. The molecule has 12 heteroatoms. The third-order valence-electron chi connectivity index (χ3n) is 6.90. The molecule has 0 aliphatic carbocycles. The lowest BCUT2D eigenvalue weighted by Crippen LogP contribution is -2.51. The number of amides is 1. The Kier molecular flexibility index (Phi) is 10.7. The van der Waals surface area contributed by atoms with Crippen LogP contribution in [-0.2, 0) is 17.8 Å². The average molecular weight is 607 g/mol. The molecule has 0 saturated carbocycles. The van der Waals surface area contributed by atoms with Crippen molar-refractivity contribution in [3.63, 3.8) is 0 Å².